The lowest BCUT2D eigenvalue weighted by Gasteiger charge is -2.22. The summed E-state index contributed by atoms with van der Waals surface area (Å²) >= 11 is 2.72. The lowest BCUT2D eigenvalue weighted by molar-refractivity contribution is 0.0531. The first-order chi connectivity index (χ1) is 9.40. The fraction of sp³-hybridized carbons (Fsp3) is 0.286. The number of hydrogen-bond donors (Lipinski definition) is 2. The maximum Gasteiger partial charge on any atom is 0.261 e. The Hall–Kier alpha value is -1.50. The largest absolute Gasteiger partial charge is 0.384 e. The number of aliphatic hydroxyl groups is 1. The molecule has 0 spiro atoms. The van der Waals surface area contributed by atoms with Crippen LogP contribution in [0.3, 0.4) is 0 Å². The molecule has 0 saturated carbocycles. The Balaban J connectivity index is 1.99. The summed E-state index contributed by atoms with van der Waals surface area (Å²) in [6.45, 7) is 3.24. The van der Waals surface area contributed by atoms with Gasteiger partial charge in [0.25, 0.3) is 5.91 Å². The molecular formula is C14H15NO3S2. The van der Waals surface area contributed by atoms with Crippen molar-refractivity contribution in [1.82, 2.24) is 5.32 Å². The first kappa shape index (κ1) is 14.9. The average Bonchev–Trinajstić information content (AvgIpc) is 3.06. The summed E-state index contributed by atoms with van der Waals surface area (Å²) in [6, 6.07) is 3.40. The highest BCUT2D eigenvalue weighted by Gasteiger charge is 2.24. The third kappa shape index (κ3) is 3.33. The lowest BCUT2D eigenvalue weighted by atomic mass is 9.99. The highest BCUT2D eigenvalue weighted by molar-refractivity contribution is 7.12. The van der Waals surface area contributed by atoms with Gasteiger partial charge in [-0.05, 0) is 42.3 Å². The molecule has 1 unspecified atom stereocenters. The van der Waals surface area contributed by atoms with Crippen LogP contribution in [-0.2, 0) is 5.60 Å². The van der Waals surface area contributed by atoms with Crippen LogP contribution in [-0.4, -0.2) is 23.3 Å². The predicted octanol–water partition coefficient (Wildman–Crippen LogP) is 2.65. The van der Waals surface area contributed by atoms with Gasteiger partial charge in [0.2, 0.25) is 0 Å². The fourth-order valence-corrected chi connectivity index (χ4v) is 3.30. The number of Topliss-reactive ketones (excluding diaryl/α,β-unsaturated/α-hetero) is 1. The van der Waals surface area contributed by atoms with Crippen LogP contribution in [0.4, 0.5) is 0 Å². The molecule has 0 radical (unpaired) electrons. The number of rotatable bonds is 5. The van der Waals surface area contributed by atoms with Crippen molar-refractivity contribution in [2.45, 2.75) is 19.4 Å². The molecule has 6 heteroatoms. The summed E-state index contributed by atoms with van der Waals surface area (Å²) in [5, 5.41) is 18.4. The molecule has 0 aliphatic heterocycles. The molecule has 2 aromatic rings. The second-order valence-corrected chi connectivity index (χ2v) is 6.42. The van der Waals surface area contributed by atoms with Crippen LogP contribution in [0.5, 0.6) is 0 Å². The van der Waals surface area contributed by atoms with E-state index in [4.69, 9.17) is 0 Å². The fourth-order valence-electron chi connectivity index (χ4n) is 1.65. The number of carbonyl (C=O) groups is 2. The molecule has 0 aliphatic rings. The number of nitrogens with one attached hydrogen (secondary N) is 1. The van der Waals surface area contributed by atoms with Crippen molar-refractivity contribution in [3.63, 3.8) is 0 Å². The summed E-state index contributed by atoms with van der Waals surface area (Å²) in [5.41, 5.74) is 0.208. The minimum Gasteiger partial charge on any atom is -0.384 e. The summed E-state index contributed by atoms with van der Waals surface area (Å²) < 4.78 is 0. The monoisotopic (exact) mass is 309 g/mol. The molecule has 0 aromatic carbocycles. The molecule has 106 valence electrons. The van der Waals surface area contributed by atoms with E-state index in [0.29, 0.717) is 10.4 Å². The summed E-state index contributed by atoms with van der Waals surface area (Å²) in [7, 11) is 0. The van der Waals surface area contributed by atoms with Gasteiger partial charge in [0.1, 0.15) is 5.60 Å². The number of ketones is 1. The van der Waals surface area contributed by atoms with Gasteiger partial charge in [0, 0.05) is 10.9 Å². The Morgan fingerprint density at radius 2 is 2.15 bits per heavy atom. The SMILES string of the molecule is CC(=O)c1csc(C(=O)NCC(C)(O)c2ccsc2)c1. The van der Waals surface area contributed by atoms with Gasteiger partial charge in [0.15, 0.2) is 5.78 Å². The Labute approximate surface area is 125 Å². The Morgan fingerprint density at radius 3 is 2.70 bits per heavy atom. The van der Waals surface area contributed by atoms with Gasteiger partial charge in [-0.2, -0.15) is 11.3 Å². The number of carbonyl (C=O) groups excluding carboxylic acids is 2. The van der Waals surface area contributed by atoms with Crippen LogP contribution in [0, 0.1) is 0 Å². The molecular weight excluding hydrogens is 294 g/mol. The second-order valence-electron chi connectivity index (χ2n) is 4.72. The third-order valence-corrected chi connectivity index (χ3v) is 4.58. The van der Waals surface area contributed by atoms with Crippen molar-refractivity contribution >= 4 is 34.4 Å². The maximum atomic E-state index is 12.0. The van der Waals surface area contributed by atoms with E-state index >= 15 is 0 Å². The van der Waals surface area contributed by atoms with E-state index < -0.39 is 5.60 Å². The third-order valence-electron chi connectivity index (χ3n) is 2.97. The Kier molecular flexibility index (Phi) is 4.37. The normalized spacial score (nSPS) is 13.8. The van der Waals surface area contributed by atoms with E-state index in [9.17, 15) is 14.7 Å². The highest BCUT2D eigenvalue weighted by atomic mass is 32.1. The second kappa shape index (κ2) is 5.87. The van der Waals surface area contributed by atoms with E-state index in [1.807, 2.05) is 16.8 Å². The molecule has 2 N–H and O–H groups in total. The molecule has 0 bridgehead atoms. The molecule has 1 amide bonds. The number of amides is 1. The van der Waals surface area contributed by atoms with E-state index in [0.717, 1.165) is 5.56 Å². The van der Waals surface area contributed by atoms with E-state index in [2.05, 4.69) is 5.32 Å². The van der Waals surface area contributed by atoms with E-state index in [1.165, 1.54) is 29.6 Å². The summed E-state index contributed by atoms with van der Waals surface area (Å²) in [5.74, 6) is -0.344. The molecule has 0 aliphatic carbocycles. The van der Waals surface area contributed by atoms with Gasteiger partial charge >= 0.3 is 0 Å². The van der Waals surface area contributed by atoms with Crippen LogP contribution in [0.25, 0.3) is 0 Å². The molecule has 20 heavy (non-hydrogen) atoms. The molecule has 1 atom stereocenters. The number of hydrogen-bond acceptors (Lipinski definition) is 5. The molecule has 0 saturated heterocycles. The van der Waals surface area contributed by atoms with Crippen molar-refractivity contribution in [1.29, 1.82) is 0 Å². The highest BCUT2D eigenvalue weighted by Crippen LogP contribution is 2.22. The quantitative estimate of drug-likeness (QED) is 0.834. The summed E-state index contributed by atoms with van der Waals surface area (Å²) in [6.07, 6.45) is 0. The topological polar surface area (TPSA) is 66.4 Å². The van der Waals surface area contributed by atoms with Crippen molar-refractivity contribution in [2.24, 2.45) is 0 Å². The molecule has 2 heterocycles. The zero-order chi connectivity index (χ0) is 14.8. The zero-order valence-electron chi connectivity index (χ0n) is 11.2. The van der Waals surface area contributed by atoms with Gasteiger partial charge < -0.3 is 10.4 Å². The van der Waals surface area contributed by atoms with Gasteiger partial charge in [-0.15, -0.1) is 11.3 Å². The number of thiophene rings is 2. The van der Waals surface area contributed by atoms with E-state index in [1.54, 1.807) is 18.4 Å². The smallest absolute Gasteiger partial charge is 0.261 e. The predicted molar refractivity (Wildman–Crippen MR) is 80.5 cm³/mol. The van der Waals surface area contributed by atoms with Crippen LogP contribution >= 0.6 is 22.7 Å². The zero-order valence-corrected chi connectivity index (χ0v) is 12.8. The minimum atomic E-state index is -1.10. The van der Waals surface area contributed by atoms with Crippen molar-refractivity contribution < 1.29 is 14.7 Å². The standard InChI is InChI=1S/C14H15NO3S2/c1-9(16)10-5-12(20-6-10)13(17)15-8-14(2,18)11-3-4-19-7-11/h3-7,18H,8H2,1-2H3,(H,15,17). The van der Waals surface area contributed by atoms with Gasteiger partial charge in [-0.25, -0.2) is 0 Å². The van der Waals surface area contributed by atoms with E-state index in [-0.39, 0.29) is 18.2 Å². The maximum absolute atomic E-state index is 12.0. The van der Waals surface area contributed by atoms with Crippen molar-refractivity contribution in [3.05, 3.63) is 44.3 Å². The average molecular weight is 309 g/mol. The van der Waals surface area contributed by atoms with Crippen LogP contribution in [0.1, 0.15) is 39.4 Å². The lowest BCUT2D eigenvalue weighted by Crippen LogP contribution is -2.38. The minimum absolute atomic E-state index is 0.0643. The van der Waals surface area contributed by atoms with Crippen LogP contribution in [0.15, 0.2) is 28.3 Å². The van der Waals surface area contributed by atoms with Gasteiger partial charge in [-0.1, -0.05) is 0 Å². The Morgan fingerprint density at radius 1 is 1.40 bits per heavy atom. The first-order valence-electron chi connectivity index (χ1n) is 6.03. The first-order valence-corrected chi connectivity index (χ1v) is 7.85. The molecule has 0 fully saturated rings. The molecule has 4 nitrogen and oxygen atoms in total. The van der Waals surface area contributed by atoms with Gasteiger partial charge in [0.05, 0.1) is 11.4 Å². The van der Waals surface area contributed by atoms with Crippen molar-refractivity contribution in [3.8, 4) is 0 Å². The molecule has 2 aromatic heterocycles. The van der Waals surface area contributed by atoms with Crippen LogP contribution in [0.2, 0.25) is 0 Å². The van der Waals surface area contributed by atoms with Crippen LogP contribution < -0.4 is 5.32 Å². The molecule has 2 rings (SSSR count). The summed E-state index contributed by atoms with van der Waals surface area (Å²) in [4.78, 5) is 23.6. The van der Waals surface area contributed by atoms with Crippen molar-refractivity contribution in [2.75, 3.05) is 6.54 Å². The van der Waals surface area contributed by atoms with Gasteiger partial charge in [-0.3, -0.25) is 9.59 Å². The Bertz CT molecular complexity index is 614.